The van der Waals surface area contributed by atoms with Gasteiger partial charge in [0.25, 0.3) is 0 Å². The molecule has 0 bridgehead atoms. The van der Waals surface area contributed by atoms with Crippen molar-refractivity contribution in [3.05, 3.63) is 58.1 Å². The topological polar surface area (TPSA) is 90.9 Å². The molecule has 0 atom stereocenters. The van der Waals surface area contributed by atoms with Crippen LogP contribution in [0.15, 0.2) is 36.4 Å². The molecule has 0 heterocycles. The molecule has 1 N–H and O–H groups in total. The lowest BCUT2D eigenvalue weighted by atomic mass is 10.1. The number of methoxy groups -OCH3 is 1. The van der Waals surface area contributed by atoms with Crippen LogP contribution in [0, 0.1) is 0 Å². The summed E-state index contributed by atoms with van der Waals surface area (Å²) in [7, 11) is 1.39. The quantitative estimate of drug-likeness (QED) is 0.704. The largest absolute Gasteiger partial charge is 0.496 e. The summed E-state index contributed by atoms with van der Waals surface area (Å²) in [4.78, 5) is 35.3. The first kappa shape index (κ1) is 21.2. The van der Waals surface area contributed by atoms with Gasteiger partial charge in [-0.2, -0.15) is 0 Å². The van der Waals surface area contributed by atoms with E-state index >= 15 is 0 Å². The minimum absolute atomic E-state index is 0.00381. The number of nitrogens with one attached hydrogen (secondary N) is 1. The number of carbonyl (C=O) groups is 3. The lowest BCUT2D eigenvalue weighted by Crippen LogP contribution is -2.10. The zero-order valence-corrected chi connectivity index (χ0v) is 16.5. The normalized spacial score (nSPS) is 10.1. The van der Waals surface area contributed by atoms with Crippen molar-refractivity contribution < 1.29 is 28.6 Å². The second-order valence-corrected chi connectivity index (χ2v) is 6.11. The summed E-state index contributed by atoms with van der Waals surface area (Å²) in [5, 5.41) is 2.74. The SMILES string of the molecule is CCOC(=O)c1ccc(COC(=O)c2cc(Cl)c(NC(C)=O)cc2OC)cc1. The Labute approximate surface area is 167 Å². The van der Waals surface area contributed by atoms with Gasteiger partial charge < -0.3 is 19.5 Å². The summed E-state index contributed by atoms with van der Waals surface area (Å²) < 4.78 is 15.4. The number of hydrogen-bond acceptors (Lipinski definition) is 6. The molecular weight excluding hydrogens is 386 g/mol. The van der Waals surface area contributed by atoms with E-state index in [2.05, 4.69) is 5.32 Å². The van der Waals surface area contributed by atoms with Crippen LogP contribution in [-0.4, -0.2) is 31.6 Å². The van der Waals surface area contributed by atoms with Crippen LogP contribution in [0.25, 0.3) is 0 Å². The van der Waals surface area contributed by atoms with E-state index in [9.17, 15) is 14.4 Å². The van der Waals surface area contributed by atoms with Crippen molar-refractivity contribution in [2.75, 3.05) is 19.0 Å². The molecule has 2 aromatic carbocycles. The van der Waals surface area contributed by atoms with Crippen LogP contribution < -0.4 is 10.1 Å². The molecule has 0 spiro atoms. The van der Waals surface area contributed by atoms with Gasteiger partial charge in [0.15, 0.2) is 0 Å². The number of benzene rings is 2. The zero-order chi connectivity index (χ0) is 20.7. The molecule has 2 aromatic rings. The standard InChI is InChI=1S/C20H20ClNO6/c1-4-27-19(24)14-7-5-13(6-8-14)11-28-20(25)15-9-16(21)17(22-12(2)23)10-18(15)26-3/h5-10H,4,11H2,1-3H3,(H,22,23). The van der Waals surface area contributed by atoms with Crippen molar-refractivity contribution in [2.24, 2.45) is 0 Å². The Bertz CT molecular complexity index is 879. The molecule has 0 aromatic heterocycles. The molecule has 0 radical (unpaired) electrons. The predicted octanol–water partition coefficient (Wildman–Crippen LogP) is 3.84. The van der Waals surface area contributed by atoms with E-state index in [4.69, 9.17) is 25.8 Å². The highest BCUT2D eigenvalue weighted by atomic mass is 35.5. The highest BCUT2D eigenvalue weighted by molar-refractivity contribution is 6.34. The molecule has 0 saturated heterocycles. The van der Waals surface area contributed by atoms with Crippen LogP contribution in [-0.2, 0) is 20.9 Å². The smallest absolute Gasteiger partial charge is 0.342 e. The highest BCUT2D eigenvalue weighted by Crippen LogP contribution is 2.31. The minimum atomic E-state index is -0.636. The van der Waals surface area contributed by atoms with Gasteiger partial charge in [-0.15, -0.1) is 0 Å². The predicted molar refractivity (Wildman–Crippen MR) is 104 cm³/mol. The molecule has 8 heteroatoms. The van der Waals surface area contributed by atoms with E-state index in [0.717, 1.165) is 0 Å². The van der Waals surface area contributed by atoms with Crippen LogP contribution in [0.4, 0.5) is 5.69 Å². The van der Waals surface area contributed by atoms with Gasteiger partial charge in [0, 0.05) is 13.0 Å². The van der Waals surface area contributed by atoms with Gasteiger partial charge in [-0.1, -0.05) is 23.7 Å². The molecule has 28 heavy (non-hydrogen) atoms. The first-order valence-electron chi connectivity index (χ1n) is 8.44. The van der Waals surface area contributed by atoms with Crippen molar-refractivity contribution >= 4 is 35.1 Å². The maximum absolute atomic E-state index is 12.4. The molecule has 0 fully saturated rings. The maximum Gasteiger partial charge on any atom is 0.342 e. The molecule has 0 aliphatic heterocycles. The summed E-state index contributed by atoms with van der Waals surface area (Å²) in [5.74, 6) is -1.13. The number of amides is 1. The molecule has 0 aliphatic rings. The molecule has 1 amide bonds. The number of ether oxygens (including phenoxy) is 3. The lowest BCUT2D eigenvalue weighted by molar-refractivity contribution is -0.114. The van der Waals surface area contributed by atoms with Gasteiger partial charge in [-0.3, -0.25) is 4.79 Å². The van der Waals surface area contributed by atoms with Crippen molar-refractivity contribution in [1.29, 1.82) is 0 Å². The fourth-order valence-electron chi connectivity index (χ4n) is 2.35. The van der Waals surface area contributed by atoms with E-state index in [1.54, 1.807) is 31.2 Å². The lowest BCUT2D eigenvalue weighted by Gasteiger charge is -2.13. The summed E-state index contributed by atoms with van der Waals surface area (Å²) in [5.41, 5.74) is 1.57. The number of rotatable bonds is 7. The Kier molecular flexibility index (Phi) is 7.40. The van der Waals surface area contributed by atoms with Gasteiger partial charge in [0.05, 0.1) is 30.0 Å². The highest BCUT2D eigenvalue weighted by Gasteiger charge is 2.18. The number of anilines is 1. The second-order valence-electron chi connectivity index (χ2n) is 5.71. The Morgan fingerprint density at radius 3 is 2.29 bits per heavy atom. The van der Waals surface area contributed by atoms with Gasteiger partial charge in [-0.05, 0) is 30.7 Å². The van der Waals surface area contributed by atoms with E-state index in [0.29, 0.717) is 23.4 Å². The molecular formula is C20H20ClNO6. The molecule has 0 unspecified atom stereocenters. The third kappa shape index (κ3) is 5.47. The van der Waals surface area contributed by atoms with Crippen LogP contribution in [0.5, 0.6) is 5.75 Å². The molecule has 0 aliphatic carbocycles. The average Bonchev–Trinajstić information content (AvgIpc) is 2.67. The third-order valence-corrected chi connectivity index (χ3v) is 3.97. The van der Waals surface area contributed by atoms with Gasteiger partial charge in [-0.25, -0.2) is 9.59 Å². The Morgan fingerprint density at radius 1 is 1.04 bits per heavy atom. The van der Waals surface area contributed by atoms with Crippen LogP contribution in [0.2, 0.25) is 5.02 Å². The summed E-state index contributed by atoms with van der Waals surface area (Å²) in [6.07, 6.45) is 0. The molecule has 148 valence electrons. The van der Waals surface area contributed by atoms with Crippen molar-refractivity contribution in [3.8, 4) is 5.75 Å². The fourth-order valence-corrected chi connectivity index (χ4v) is 2.56. The van der Waals surface area contributed by atoms with E-state index in [1.807, 2.05) is 0 Å². The monoisotopic (exact) mass is 405 g/mol. The molecule has 0 saturated carbocycles. The molecule has 7 nitrogen and oxygen atoms in total. The first-order valence-corrected chi connectivity index (χ1v) is 8.81. The van der Waals surface area contributed by atoms with Crippen molar-refractivity contribution in [2.45, 2.75) is 20.5 Å². The van der Waals surface area contributed by atoms with Crippen LogP contribution in [0.3, 0.4) is 0 Å². The fraction of sp³-hybridized carbons (Fsp3) is 0.250. The average molecular weight is 406 g/mol. The van der Waals surface area contributed by atoms with Gasteiger partial charge in [0.1, 0.15) is 17.9 Å². The van der Waals surface area contributed by atoms with Crippen molar-refractivity contribution in [1.82, 2.24) is 0 Å². The number of hydrogen-bond donors (Lipinski definition) is 1. The number of carbonyl (C=O) groups excluding carboxylic acids is 3. The van der Waals surface area contributed by atoms with Crippen LogP contribution >= 0.6 is 11.6 Å². The van der Waals surface area contributed by atoms with E-state index < -0.39 is 11.9 Å². The van der Waals surface area contributed by atoms with E-state index in [1.165, 1.54) is 26.2 Å². The van der Waals surface area contributed by atoms with Crippen molar-refractivity contribution in [3.63, 3.8) is 0 Å². The summed E-state index contributed by atoms with van der Waals surface area (Å²) in [6.45, 7) is 3.37. The Balaban J connectivity index is 2.09. The number of esters is 2. The maximum atomic E-state index is 12.4. The minimum Gasteiger partial charge on any atom is -0.496 e. The molecule has 2 rings (SSSR count). The van der Waals surface area contributed by atoms with E-state index in [-0.39, 0.29) is 28.8 Å². The number of halogens is 1. The van der Waals surface area contributed by atoms with Crippen LogP contribution in [0.1, 0.15) is 40.1 Å². The first-order chi connectivity index (χ1) is 13.3. The summed E-state index contributed by atoms with van der Waals surface area (Å²) in [6, 6.07) is 9.36. The van der Waals surface area contributed by atoms with Gasteiger partial charge in [0.2, 0.25) is 5.91 Å². The Hall–Kier alpha value is -3.06. The Morgan fingerprint density at radius 2 is 1.71 bits per heavy atom. The third-order valence-electron chi connectivity index (χ3n) is 3.65. The second kappa shape index (κ2) is 9.75. The van der Waals surface area contributed by atoms with Gasteiger partial charge >= 0.3 is 11.9 Å². The zero-order valence-electron chi connectivity index (χ0n) is 15.7. The summed E-state index contributed by atoms with van der Waals surface area (Å²) >= 11 is 6.11.